The molecule has 2 aliphatic rings. The number of hydrogen-bond acceptors (Lipinski definition) is 5. The Balaban J connectivity index is 1.81. The summed E-state index contributed by atoms with van der Waals surface area (Å²) in [6.45, 7) is 6.70. The van der Waals surface area contributed by atoms with Gasteiger partial charge in [-0.3, -0.25) is 4.79 Å². The van der Waals surface area contributed by atoms with Gasteiger partial charge in [0.15, 0.2) is 0 Å². The third-order valence-electron chi connectivity index (χ3n) is 4.14. The summed E-state index contributed by atoms with van der Waals surface area (Å²) in [6, 6.07) is 0. The van der Waals surface area contributed by atoms with E-state index in [0.717, 1.165) is 43.4 Å². The first kappa shape index (κ1) is 13.1. The maximum atomic E-state index is 11.4. The molecule has 6 heteroatoms. The quantitative estimate of drug-likeness (QED) is 0.868. The molecule has 6 nitrogen and oxygen atoms in total. The molecule has 0 aromatic carbocycles. The number of amides is 1. The summed E-state index contributed by atoms with van der Waals surface area (Å²) in [5.74, 6) is 3.06. The van der Waals surface area contributed by atoms with E-state index >= 15 is 0 Å². The van der Waals surface area contributed by atoms with E-state index in [0.29, 0.717) is 11.7 Å². The molecule has 0 atom stereocenters. The maximum absolute atomic E-state index is 11.4. The van der Waals surface area contributed by atoms with Gasteiger partial charge >= 0.3 is 0 Å². The van der Waals surface area contributed by atoms with Crippen LogP contribution in [0.5, 0.6) is 0 Å². The topological polar surface area (TPSA) is 75.4 Å². The monoisotopic (exact) mass is 275 g/mol. The van der Waals surface area contributed by atoms with Gasteiger partial charge in [-0.05, 0) is 19.8 Å². The molecule has 2 fully saturated rings. The minimum Gasteiger partial charge on any atom is -0.383 e. The van der Waals surface area contributed by atoms with Crippen molar-refractivity contribution in [1.82, 2.24) is 14.9 Å². The Morgan fingerprint density at radius 2 is 1.85 bits per heavy atom. The lowest BCUT2D eigenvalue weighted by Gasteiger charge is -2.35. The smallest absolute Gasteiger partial charge is 0.219 e. The number of piperazine rings is 1. The molecule has 2 heterocycles. The summed E-state index contributed by atoms with van der Waals surface area (Å²) in [4.78, 5) is 24.6. The predicted octanol–water partition coefficient (Wildman–Crippen LogP) is 0.913. The molecular formula is C14H21N5O. The molecule has 3 rings (SSSR count). The number of nitrogen functional groups attached to an aromatic ring is 1. The second-order valence-corrected chi connectivity index (χ2v) is 5.68. The van der Waals surface area contributed by atoms with Gasteiger partial charge in [0.1, 0.15) is 17.5 Å². The number of nitrogens with two attached hydrogens (primary N) is 1. The lowest BCUT2D eigenvalue weighted by molar-refractivity contribution is -0.129. The van der Waals surface area contributed by atoms with Crippen LogP contribution in [-0.4, -0.2) is 47.0 Å². The first-order valence-corrected chi connectivity index (χ1v) is 7.20. The number of rotatable bonds is 2. The van der Waals surface area contributed by atoms with E-state index in [4.69, 9.17) is 10.7 Å². The highest BCUT2D eigenvalue weighted by Crippen LogP contribution is 2.39. The van der Waals surface area contributed by atoms with Crippen LogP contribution in [0.4, 0.5) is 11.6 Å². The second-order valence-electron chi connectivity index (χ2n) is 5.68. The van der Waals surface area contributed by atoms with Gasteiger partial charge in [-0.1, -0.05) is 0 Å². The van der Waals surface area contributed by atoms with Gasteiger partial charge in [0.05, 0.1) is 0 Å². The molecular weight excluding hydrogens is 254 g/mol. The van der Waals surface area contributed by atoms with Crippen molar-refractivity contribution in [3.8, 4) is 0 Å². The second kappa shape index (κ2) is 4.92. The Morgan fingerprint density at radius 3 is 2.40 bits per heavy atom. The van der Waals surface area contributed by atoms with E-state index in [-0.39, 0.29) is 5.91 Å². The Labute approximate surface area is 119 Å². The summed E-state index contributed by atoms with van der Waals surface area (Å²) in [5, 5.41) is 0. The van der Waals surface area contributed by atoms with Crippen molar-refractivity contribution in [2.24, 2.45) is 0 Å². The van der Waals surface area contributed by atoms with Crippen molar-refractivity contribution in [2.75, 3.05) is 36.8 Å². The zero-order chi connectivity index (χ0) is 14.3. The molecule has 1 aliphatic carbocycles. The maximum Gasteiger partial charge on any atom is 0.219 e. The van der Waals surface area contributed by atoms with E-state index in [1.54, 1.807) is 6.92 Å². The molecule has 0 bridgehead atoms. The summed E-state index contributed by atoms with van der Waals surface area (Å²) in [5.41, 5.74) is 6.98. The SMILES string of the molecule is CC(=O)N1CCN(c2nc(C3CC3)nc(N)c2C)CC1. The molecule has 1 saturated heterocycles. The summed E-state index contributed by atoms with van der Waals surface area (Å²) in [7, 11) is 0. The lowest BCUT2D eigenvalue weighted by Crippen LogP contribution is -2.48. The van der Waals surface area contributed by atoms with Gasteiger partial charge in [-0.15, -0.1) is 0 Å². The van der Waals surface area contributed by atoms with Crippen molar-refractivity contribution in [1.29, 1.82) is 0 Å². The van der Waals surface area contributed by atoms with Gasteiger partial charge in [0, 0.05) is 44.6 Å². The van der Waals surface area contributed by atoms with Crippen LogP contribution in [0.15, 0.2) is 0 Å². The molecule has 0 unspecified atom stereocenters. The standard InChI is InChI=1S/C14H21N5O/c1-9-12(15)16-13(11-3-4-11)17-14(9)19-7-5-18(6-8-19)10(2)20/h11H,3-8H2,1-2H3,(H2,15,16,17). The van der Waals surface area contributed by atoms with Gasteiger partial charge in [0.2, 0.25) is 5.91 Å². The third kappa shape index (κ3) is 2.42. The molecule has 1 aliphatic heterocycles. The van der Waals surface area contributed by atoms with Crippen molar-refractivity contribution in [2.45, 2.75) is 32.6 Å². The fourth-order valence-electron chi connectivity index (χ4n) is 2.60. The molecule has 20 heavy (non-hydrogen) atoms. The van der Waals surface area contributed by atoms with E-state index in [1.807, 2.05) is 11.8 Å². The highest BCUT2D eigenvalue weighted by molar-refractivity contribution is 5.73. The van der Waals surface area contributed by atoms with E-state index < -0.39 is 0 Å². The van der Waals surface area contributed by atoms with Gasteiger partial charge in [-0.2, -0.15) is 0 Å². The largest absolute Gasteiger partial charge is 0.383 e. The average molecular weight is 275 g/mol. The van der Waals surface area contributed by atoms with Crippen LogP contribution < -0.4 is 10.6 Å². The molecule has 1 aromatic rings. The molecule has 108 valence electrons. The first-order valence-electron chi connectivity index (χ1n) is 7.20. The number of hydrogen-bond donors (Lipinski definition) is 1. The van der Waals surface area contributed by atoms with Crippen LogP contribution in [0, 0.1) is 6.92 Å². The average Bonchev–Trinajstić information content (AvgIpc) is 3.26. The van der Waals surface area contributed by atoms with Crippen LogP contribution in [0.2, 0.25) is 0 Å². The zero-order valence-electron chi connectivity index (χ0n) is 12.1. The van der Waals surface area contributed by atoms with Crippen molar-refractivity contribution in [3.63, 3.8) is 0 Å². The number of aromatic nitrogens is 2. The number of nitrogens with zero attached hydrogens (tertiary/aromatic N) is 4. The fraction of sp³-hybridized carbons (Fsp3) is 0.643. The highest BCUT2D eigenvalue weighted by atomic mass is 16.2. The summed E-state index contributed by atoms with van der Waals surface area (Å²) >= 11 is 0. The Hall–Kier alpha value is -1.85. The molecule has 0 radical (unpaired) electrons. The normalized spacial score (nSPS) is 19.3. The predicted molar refractivity (Wildman–Crippen MR) is 77.6 cm³/mol. The summed E-state index contributed by atoms with van der Waals surface area (Å²) < 4.78 is 0. The first-order chi connectivity index (χ1) is 9.56. The van der Waals surface area contributed by atoms with Crippen LogP contribution in [0.3, 0.4) is 0 Å². The van der Waals surface area contributed by atoms with Crippen LogP contribution in [-0.2, 0) is 4.79 Å². The molecule has 1 saturated carbocycles. The highest BCUT2D eigenvalue weighted by Gasteiger charge is 2.29. The van der Waals surface area contributed by atoms with Gasteiger partial charge in [-0.25, -0.2) is 9.97 Å². The van der Waals surface area contributed by atoms with E-state index in [9.17, 15) is 4.79 Å². The van der Waals surface area contributed by atoms with Gasteiger partial charge < -0.3 is 15.5 Å². The molecule has 1 amide bonds. The van der Waals surface area contributed by atoms with Crippen molar-refractivity contribution in [3.05, 3.63) is 11.4 Å². The Kier molecular flexibility index (Phi) is 3.23. The fourth-order valence-corrected chi connectivity index (χ4v) is 2.60. The number of carbonyl (C=O) groups is 1. The number of carbonyl (C=O) groups excluding carboxylic acids is 1. The zero-order valence-corrected chi connectivity index (χ0v) is 12.1. The lowest BCUT2D eigenvalue weighted by atomic mass is 10.2. The minimum atomic E-state index is 0.141. The molecule has 0 spiro atoms. The number of anilines is 2. The third-order valence-corrected chi connectivity index (χ3v) is 4.14. The van der Waals surface area contributed by atoms with Crippen LogP contribution in [0.1, 0.15) is 37.1 Å². The summed E-state index contributed by atoms with van der Waals surface area (Å²) in [6.07, 6.45) is 2.33. The van der Waals surface area contributed by atoms with Crippen molar-refractivity contribution >= 4 is 17.5 Å². The Bertz CT molecular complexity index is 533. The Morgan fingerprint density at radius 1 is 1.20 bits per heavy atom. The van der Waals surface area contributed by atoms with E-state index in [2.05, 4.69) is 9.88 Å². The minimum absolute atomic E-state index is 0.141. The molecule has 1 aromatic heterocycles. The van der Waals surface area contributed by atoms with Crippen LogP contribution in [0.25, 0.3) is 0 Å². The van der Waals surface area contributed by atoms with Crippen LogP contribution >= 0.6 is 0 Å². The molecule has 2 N–H and O–H groups in total. The van der Waals surface area contributed by atoms with Crippen molar-refractivity contribution < 1.29 is 4.79 Å². The van der Waals surface area contributed by atoms with Gasteiger partial charge in [0.25, 0.3) is 0 Å². The van der Waals surface area contributed by atoms with E-state index in [1.165, 1.54) is 12.8 Å².